The molecule has 0 saturated heterocycles. The molecule has 2 aromatic rings. The number of hydrogen-bond donors (Lipinski definition) is 2. The van der Waals surface area contributed by atoms with Crippen molar-refractivity contribution in [3.05, 3.63) is 53.8 Å². The molecule has 2 N–H and O–H groups in total. The second-order valence-corrected chi connectivity index (χ2v) is 5.74. The summed E-state index contributed by atoms with van der Waals surface area (Å²) in [5.41, 5.74) is 1.71. The van der Waals surface area contributed by atoms with Crippen LogP contribution in [0.4, 0.5) is 4.39 Å². The van der Waals surface area contributed by atoms with Crippen LogP contribution in [0.15, 0.2) is 52.5 Å². The quantitative estimate of drug-likeness (QED) is 0.359. The first-order valence-electron chi connectivity index (χ1n) is 6.92. The van der Waals surface area contributed by atoms with E-state index in [9.17, 15) is 9.18 Å². The van der Waals surface area contributed by atoms with Crippen molar-refractivity contribution in [3.63, 3.8) is 0 Å². The van der Waals surface area contributed by atoms with Crippen LogP contribution in [0.1, 0.15) is 18.4 Å². The van der Waals surface area contributed by atoms with E-state index in [0.29, 0.717) is 11.1 Å². The second-order valence-electron chi connectivity index (χ2n) is 4.86. The van der Waals surface area contributed by atoms with Crippen molar-refractivity contribution in [2.45, 2.75) is 17.7 Å². The summed E-state index contributed by atoms with van der Waals surface area (Å²) in [6.45, 7) is 0. The molecule has 0 aliphatic carbocycles. The molecule has 6 heteroatoms. The highest BCUT2D eigenvalue weighted by molar-refractivity contribution is 7.98. The number of halogens is 1. The van der Waals surface area contributed by atoms with Crippen LogP contribution in [-0.4, -0.2) is 28.3 Å². The van der Waals surface area contributed by atoms with Gasteiger partial charge in [0.25, 0.3) is 0 Å². The largest absolute Gasteiger partial charge is 0.481 e. The van der Waals surface area contributed by atoms with E-state index in [1.807, 2.05) is 30.5 Å². The number of thioether (sulfide) groups is 1. The average Bonchev–Trinajstić information content (AvgIpc) is 2.55. The Kier molecular flexibility index (Phi) is 5.76. The Hall–Kier alpha value is -2.34. The van der Waals surface area contributed by atoms with E-state index in [-0.39, 0.29) is 18.6 Å². The number of benzene rings is 2. The zero-order valence-corrected chi connectivity index (χ0v) is 13.3. The van der Waals surface area contributed by atoms with Gasteiger partial charge in [0, 0.05) is 22.4 Å². The third-order valence-corrected chi connectivity index (χ3v) is 4.14. The Morgan fingerprint density at radius 2 is 1.87 bits per heavy atom. The van der Waals surface area contributed by atoms with Gasteiger partial charge < -0.3 is 10.3 Å². The average molecular weight is 333 g/mol. The first kappa shape index (κ1) is 17.0. The molecule has 23 heavy (non-hydrogen) atoms. The lowest BCUT2D eigenvalue weighted by atomic mass is 10.00. The maximum Gasteiger partial charge on any atom is 0.303 e. The van der Waals surface area contributed by atoms with Crippen molar-refractivity contribution in [2.24, 2.45) is 5.16 Å². The smallest absolute Gasteiger partial charge is 0.303 e. The molecule has 0 bridgehead atoms. The summed E-state index contributed by atoms with van der Waals surface area (Å²) in [6, 6.07) is 12.0. The fraction of sp³-hybridized carbons (Fsp3) is 0.176. The molecule has 0 atom stereocenters. The van der Waals surface area contributed by atoms with Crippen LogP contribution in [0.3, 0.4) is 0 Å². The minimum Gasteiger partial charge on any atom is -0.481 e. The van der Waals surface area contributed by atoms with Crippen LogP contribution in [0.5, 0.6) is 0 Å². The van der Waals surface area contributed by atoms with E-state index in [0.717, 1.165) is 10.5 Å². The normalized spacial score (nSPS) is 11.5. The number of aliphatic carboxylic acids is 1. The summed E-state index contributed by atoms with van der Waals surface area (Å²) in [4.78, 5) is 11.7. The van der Waals surface area contributed by atoms with Crippen molar-refractivity contribution >= 4 is 23.4 Å². The third kappa shape index (κ3) is 4.32. The second kappa shape index (κ2) is 7.78. The number of oxime groups is 1. The summed E-state index contributed by atoms with van der Waals surface area (Å²) >= 11 is 1.61. The molecule has 0 aliphatic heterocycles. The van der Waals surface area contributed by atoms with Crippen LogP contribution in [0.2, 0.25) is 0 Å². The SMILES string of the molecule is CSc1ccc(-c2ccc(/C(CCC(=O)O)=N/O)cc2F)cc1. The lowest BCUT2D eigenvalue weighted by Crippen LogP contribution is -2.06. The van der Waals surface area contributed by atoms with Gasteiger partial charge in [0.05, 0.1) is 12.1 Å². The molecule has 0 unspecified atom stereocenters. The Balaban J connectivity index is 2.27. The summed E-state index contributed by atoms with van der Waals surface area (Å²) in [5, 5.41) is 20.8. The summed E-state index contributed by atoms with van der Waals surface area (Å²) in [5.74, 6) is -1.45. The minimum absolute atomic E-state index is 0.0348. The van der Waals surface area contributed by atoms with Crippen LogP contribution in [-0.2, 0) is 4.79 Å². The van der Waals surface area contributed by atoms with E-state index in [4.69, 9.17) is 10.3 Å². The predicted octanol–water partition coefficient (Wildman–Crippen LogP) is 4.26. The number of nitrogens with zero attached hydrogens (tertiary/aromatic N) is 1. The van der Waals surface area contributed by atoms with Crippen LogP contribution >= 0.6 is 11.8 Å². The van der Waals surface area contributed by atoms with E-state index in [1.165, 1.54) is 6.07 Å². The third-order valence-electron chi connectivity index (χ3n) is 3.40. The van der Waals surface area contributed by atoms with Crippen molar-refractivity contribution < 1.29 is 19.5 Å². The van der Waals surface area contributed by atoms with Gasteiger partial charge in [-0.2, -0.15) is 0 Å². The fourth-order valence-electron chi connectivity index (χ4n) is 2.18. The van der Waals surface area contributed by atoms with Gasteiger partial charge in [0.1, 0.15) is 5.82 Å². The first-order valence-corrected chi connectivity index (χ1v) is 8.14. The Labute approximate surface area is 137 Å². The molecule has 2 rings (SSSR count). The van der Waals surface area contributed by atoms with Gasteiger partial charge in [0.2, 0.25) is 0 Å². The number of carboxylic acids is 1. The molecule has 0 heterocycles. The zero-order valence-electron chi connectivity index (χ0n) is 12.5. The molecule has 0 fully saturated rings. The first-order chi connectivity index (χ1) is 11.0. The topological polar surface area (TPSA) is 69.9 Å². The Bertz CT molecular complexity index is 729. The summed E-state index contributed by atoms with van der Waals surface area (Å²) in [7, 11) is 0. The number of carboxylic acid groups (broad SMARTS) is 1. The minimum atomic E-state index is -1.00. The van der Waals surface area contributed by atoms with E-state index in [1.54, 1.807) is 23.9 Å². The van der Waals surface area contributed by atoms with Gasteiger partial charge in [-0.1, -0.05) is 29.4 Å². The van der Waals surface area contributed by atoms with Crippen molar-refractivity contribution in [1.82, 2.24) is 0 Å². The molecular formula is C17H16FNO3S. The number of hydrogen-bond acceptors (Lipinski definition) is 4. The molecule has 0 spiro atoms. The number of rotatable bonds is 6. The summed E-state index contributed by atoms with van der Waals surface area (Å²) < 4.78 is 14.4. The van der Waals surface area contributed by atoms with Gasteiger partial charge >= 0.3 is 5.97 Å². The number of carbonyl (C=O) groups is 1. The fourth-order valence-corrected chi connectivity index (χ4v) is 2.58. The van der Waals surface area contributed by atoms with Crippen LogP contribution in [0.25, 0.3) is 11.1 Å². The van der Waals surface area contributed by atoms with Crippen molar-refractivity contribution in [3.8, 4) is 11.1 Å². The van der Waals surface area contributed by atoms with Crippen molar-refractivity contribution in [1.29, 1.82) is 0 Å². The van der Waals surface area contributed by atoms with Gasteiger partial charge in [0.15, 0.2) is 0 Å². The highest BCUT2D eigenvalue weighted by atomic mass is 32.2. The molecule has 0 radical (unpaired) electrons. The lowest BCUT2D eigenvalue weighted by Gasteiger charge is -2.08. The molecule has 0 aromatic heterocycles. The van der Waals surface area contributed by atoms with Gasteiger partial charge in [-0.05, 0) is 30.0 Å². The predicted molar refractivity (Wildman–Crippen MR) is 88.8 cm³/mol. The van der Waals surface area contributed by atoms with Crippen LogP contribution in [0, 0.1) is 5.82 Å². The monoisotopic (exact) mass is 333 g/mol. The van der Waals surface area contributed by atoms with Gasteiger partial charge in [-0.15, -0.1) is 11.8 Å². The van der Waals surface area contributed by atoms with Crippen molar-refractivity contribution in [2.75, 3.05) is 6.26 Å². The molecule has 120 valence electrons. The van der Waals surface area contributed by atoms with E-state index >= 15 is 0 Å². The van der Waals surface area contributed by atoms with Gasteiger partial charge in [-0.3, -0.25) is 4.79 Å². The lowest BCUT2D eigenvalue weighted by molar-refractivity contribution is -0.136. The molecule has 0 aliphatic rings. The Morgan fingerprint density at radius 1 is 1.17 bits per heavy atom. The van der Waals surface area contributed by atoms with E-state index < -0.39 is 11.8 Å². The van der Waals surface area contributed by atoms with E-state index in [2.05, 4.69) is 5.16 Å². The molecule has 0 amide bonds. The zero-order chi connectivity index (χ0) is 16.8. The Morgan fingerprint density at radius 3 is 2.39 bits per heavy atom. The molecular weight excluding hydrogens is 317 g/mol. The molecule has 0 saturated carbocycles. The highest BCUT2D eigenvalue weighted by Gasteiger charge is 2.12. The maximum absolute atomic E-state index is 14.4. The standard InChI is InChI=1S/C17H16FNO3S/c1-23-13-5-2-11(3-6-13)14-7-4-12(10-15(14)18)16(19-22)8-9-17(20)21/h2-7,10,22H,8-9H2,1H3,(H,20,21)/b19-16+. The summed E-state index contributed by atoms with van der Waals surface area (Å²) in [6.07, 6.45) is 1.82. The highest BCUT2D eigenvalue weighted by Crippen LogP contribution is 2.26. The molecule has 4 nitrogen and oxygen atoms in total. The molecule has 2 aromatic carbocycles. The van der Waals surface area contributed by atoms with Crippen LogP contribution < -0.4 is 0 Å². The maximum atomic E-state index is 14.4. The van der Waals surface area contributed by atoms with Gasteiger partial charge in [-0.25, -0.2) is 4.39 Å².